The van der Waals surface area contributed by atoms with E-state index in [0.717, 1.165) is 0 Å². The molecule has 1 atom stereocenters. The number of hydrogen-bond donors (Lipinski definition) is 3. The van der Waals surface area contributed by atoms with Gasteiger partial charge in [-0.25, -0.2) is 0 Å². The third-order valence-corrected chi connectivity index (χ3v) is 2.14. The molecule has 0 aliphatic rings. The van der Waals surface area contributed by atoms with Crippen LogP contribution in [0, 0.1) is 0 Å². The molecule has 7 heteroatoms. The molecule has 1 aromatic rings. The first-order valence-electron chi connectivity index (χ1n) is 5.12. The van der Waals surface area contributed by atoms with E-state index < -0.39 is 11.9 Å². The maximum Gasteiger partial charge on any atom is 0.272 e. The fraction of sp³-hybridized carbons (Fsp3) is 0.400. The Hall–Kier alpha value is -2.18. The number of anilines is 1. The van der Waals surface area contributed by atoms with Crippen LogP contribution in [-0.2, 0) is 4.79 Å². The maximum absolute atomic E-state index is 11.7. The Labute approximate surface area is 99.0 Å². The van der Waals surface area contributed by atoms with E-state index in [2.05, 4.69) is 26.1 Å². The van der Waals surface area contributed by atoms with Gasteiger partial charge in [0, 0.05) is 14.1 Å². The molecular weight excluding hydrogens is 222 g/mol. The quantitative estimate of drug-likeness (QED) is 0.648. The Kier molecular flexibility index (Phi) is 4.38. The monoisotopic (exact) mass is 237 g/mol. The Morgan fingerprint density at radius 3 is 2.41 bits per heavy atom. The van der Waals surface area contributed by atoms with Gasteiger partial charge in [-0.1, -0.05) is 0 Å². The number of carbonyl (C=O) groups excluding carboxylic acids is 2. The van der Waals surface area contributed by atoms with Crippen LogP contribution in [0.15, 0.2) is 12.1 Å². The molecule has 92 valence electrons. The topological polar surface area (TPSA) is 96.0 Å². The highest BCUT2D eigenvalue weighted by atomic mass is 16.2. The third-order valence-electron chi connectivity index (χ3n) is 2.14. The van der Waals surface area contributed by atoms with Crippen molar-refractivity contribution in [3.8, 4) is 0 Å². The predicted octanol–water partition coefficient (Wildman–Crippen LogP) is -0.617. The largest absolute Gasteiger partial charge is 0.372 e. The van der Waals surface area contributed by atoms with Gasteiger partial charge in [0.15, 0.2) is 5.69 Å². The summed E-state index contributed by atoms with van der Waals surface area (Å²) in [5, 5.41) is 15.2. The summed E-state index contributed by atoms with van der Waals surface area (Å²) in [6.07, 6.45) is 0. The van der Waals surface area contributed by atoms with Crippen LogP contribution in [0.5, 0.6) is 0 Å². The van der Waals surface area contributed by atoms with Gasteiger partial charge in [-0.05, 0) is 19.1 Å². The highest BCUT2D eigenvalue weighted by Gasteiger charge is 2.16. The van der Waals surface area contributed by atoms with Gasteiger partial charge in [-0.2, -0.15) is 0 Å². The van der Waals surface area contributed by atoms with Crippen LogP contribution in [0.3, 0.4) is 0 Å². The van der Waals surface area contributed by atoms with Crippen LogP contribution < -0.4 is 16.0 Å². The average molecular weight is 237 g/mol. The number of nitrogens with one attached hydrogen (secondary N) is 3. The summed E-state index contributed by atoms with van der Waals surface area (Å²) in [4.78, 5) is 22.9. The maximum atomic E-state index is 11.7. The zero-order chi connectivity index (χ0) is 12.8. The van der Waals surface area contributed by atoms with E-state index in [0.29, 0.717) is 5.82 Å². The lowest BCUT2D eigenvalue weighted by atomic mass is 10.3. The van der Waals surface area contributed by atoms with E-state index in [9.17, 15) is 9.59 Å². The van der Waals surface area contributed by atoms with E-state index in [1.165, 1.54) is 13.1 Å². The second kappa shape index (κ2) is 5.78. The first-order valence-corrected chi connectivity index (χ1v) is 5.12. The second-order valence-corrected chi connectivity index (χ2v) is 3.36. The first-order chi connectivity index (χ1) is 8.08. The SMILES string of the molecule is CNC(=O)C(C)NC(=O)c1ccc(NC)nn1. The molecule has 0 spiro atoms. The summed E-state index contributed by atoms with van der Waals surface area (Å²) >= 11 is 0. The number of carbonyl (C=O) groups is 2. The fourth-order valence-corrected chi connectivity index (χ4v) is 1.14. The van der Waals surface area contributed by atoms with Gasteiger partial charge in [0.2, 0.25) is 5.91 Å². The van der Waals surface area contributed by atoms with Gasteiger partial charge in [0.05, 0.1) is 0 Å². The van der Waals surface area contributed by atoms with Crippen molar-refractivity contribution in [2.75, 3.05) is 19.4 Å². The Balaban J connectivity index is 2.66. The van der Waals surface area contributed by atoms with Crippen LogP contribution in [0.4, 0.5) is 5.82 Å². The molecular formula is C10H15N5O2. The van der Waals surface area contributed by atoms with Gasteiger partial charge < -0.3 is 16.0 Å². The van der Waals surface area contributed by atoms with E-state index in [1.807, 2.05) is 0 Å². The number of rotatable bonds is 4. The molecule has 1 heterocycles. The number of likely N-dealkylation sites (N-methyl/N-ethyl adjacent to an activating group) is 1. The van der Waals surface area contributed by atoms with Crippen molar-refractivity contribution in [3.05, 3.63) is 17.8 Å². The Morgan fingerprint density at radius 1 is 1.24 bits per heavy atom. The lowest BCUT2D eigenvalue weighted by Crippen LogP contribution is -2.43. The van der Waals surface area contributed by atoms with Gasteiger partial charge in [-0.3, -0.25) is 9.59 Å². The van der Waals surface area contributed by atoms with Gasteiger partial charge in [-0.15, -0.1) is 10.2 Å². The summed E-state index contributed by atoms with van der Waals surface area (Å²) in [5.74, 6) is -0.129. The zero-order valence-electron chi connectivity index (χ0n) is 9.94. The first kappa shape index (κ1) is 12.9. The normalized spacial score (nSPS) is 11.5. The molecule has 3 N–H and O–H groups in total. The smallest absolute Gasteiger partial charge is 0.272 e. The number of hydrogen-bond acceptors (Lipinski definition) is 5. The third kappa shape index (κ3) is 3.40. The van der Waals surface area contributed by atoms with E-state index in [4.69, 9.17) is 0 Å². The second-order valence-electron chi connectivity index (χ2n) is 3.36. The average Bonchev–Trinajstić information content (AvgIpc) is 2.37. The molecule has 0 radical (unpaired) electrons. The van der Waals surface area contributed by atoms with Crippen molar-refractivity contribution < 1.29 is 9.59 Å². The Morgan fingerprint density at radius 2 is 1.94 bits per heavy atom. The van der Waals surface area contributed by atoms with E-state index >= 15 is 0 Å². The van der Waals surface area contributed by atoms with E-state index in [1.54, 1.807) is 20.0 Å². The van der Waals surface area contributed by atoms with Gasteiger partial charge >= 0.3 is 0 Å². The van der Waals surface area contributed by atoms with Crippen molar-refractivity contribution in [1.29, 1.82) is 0 Å². The zero-order valence-corrected chi connectivity index (χ0v) is 9.94. The molecule has 1 aromatic heterocycles. The minimum Gasteiger partial charge on any atom is -0.372 e. The van der Waals surface area contributed by atoms with Crippen LogP contribution in [0.25, 0.3) is 0 Å². The fourth-order valence-electron chi connectivity index (χ4n) is 1.14. The highest BCUT2D eigenvalue weighted by molar-refractivity contribution is 5.95. The van der Waals surface area contributed by atoms with E-state index in [-0.39, 0.29) is 11.6 Å². The number of nitrogens with zero attached hydrogens (tertiary/aromatic N) is 2. The van der Waals surface area contributed by atoms with Crippen molar-refractivity contribution in [3.63, 3.8) is 0 Å². The summed E-state index contributed by atoms with van der Waals surface area (Å²) in [6.45, 7) is 1.59. The highest BCUT2D eigenvalue weighted by Crippen LogP contribution is 2.00. The molecule has 1 rings (SSSR count). The van der Waals surface area contributed by atoms with Gasteiger partial charge in [0.1, 0.15) is 11.9 Å². The lowest BCUT2D eigenvalue weighted by molar-refractivity contribution is -0.122. The minimum atomic E-state index is -0.613. The van der Waals surface area contributed by atoms with Crippen molar-refractivity contribution >= 4 is 17.6 Å². The molecule has 2 amide bonds. The van der Waals surface area contributed by atoms with Crippen LogP contribution >= 0.6 is 0 Å². The summed E-state index contributed by atoms with van der Waals surface area (Å²) in [7, 11) is 3.21. The van der Waals surface area contributed by atoms with Crippen molar-refractivity contribution in [1.82, 2.24) is 20.8 Å². The minimum absolute atomic E-state index is 0.166. The molecule has 0 saturated heterocycles. The lowest BCUT2D eigenvalue weighted by Gasteiger charge is -2.11. The predicted molar refractivity (Wildman–Crippen MR) is 62.6 cm³/mol. The molecule has 0 fully saturated rings. The van der Waals surface area contributed by atoms with Crippen molar-refractivity contribution in [2.24, 2.45) is 0 Å². The van der Waals surface area contributed by atoms with Crippen molar-refractivity contribution in [2.45, 2.75) is 13.0 Å². The molecule has 0 saturated carbocycles. The molecule has 1 unspecified atom stereocenters. The van der Waals surface area contributed by atoms with Crippen LogP contribution in [-0.4, -0.2) is 42.1 Å². The van der Waals surface area contributed by atoms with Gasteiger partial charge in [0.25, 0.3) is 5.91 Å². The molecule has 17 heavy (non-hydrogen) atoms. The standard InChI is InChI=1S/C10H15N5O2/c1-6(9(16)12-3)13-10(17)7-4-5-8(11-2)15-14-7/h4-6H,1-3H3,(H,11,15)(H,12,16)(H,13,17). The molecule has 0 bridgehead atoms. The molecule has 0 aliphatic heterocycles. The number of aromatic nitrogens is 2. The summed E-state index contributed by atoms with van der Waals surface area (Å²) in [6, 6.07) is 2.55. The van der Waals surface area contributed by atoms with Crippen LogP contribution in [0.2, 0.25) is 0 Å². The molecule has 7 nitrogen and oxygen atoms in total. The molecule has 0 aliphatic carbocycles. The Bertz CT molecular complexity index is 404. The number of amides is 2. The summed E-state index contributed by atoms with van der Waals surface area (Å²) in [5.41, 5.74) is 0.166. The van der Waals surface area contributed by atoms with Crippen LogP contribution in [0.1, 0.15) is 17.4 Å². The molecule has 0 aromatic carbocycles. The summed E-state index contributed by atoms with van der Waals surface area (Å²) < 4.78 is 0.